The topological polar surface area (TPSA) is 33.0 Å². The molecule has 0 saturated carbocycles. The Morgan fingerprint density at radius 3 is 2.93 bits per heavy atom. The van der Waals surface area contributed by atoms with Crippen LogP contribution < -0.4 is 4.74 Å². The summed E-state index contributed by atoms with van der Waals surface area (Å²) in [4.78, 5) is 0. The Hall–Kier alpha value is -1.27. The number of nitriles is 1. The van der Waals surface area contributed by atoms with Gasteiger partial charge in [0.2, 0.25) is 0 Å². The standard InChI is InChI=1S/C12H10BrNO/c1-15-11-6-5-10(13)9-4-2-3-8(7-14)12(9)11/h3,5-6H,2,4H2,1H3. The van der Waals surface area contributed by atoms with Gasteiger partial charge in [0.05, 0.1) is 18.8 Å². The maximum absolute atomic E-state index is 9.06. The van der Waals surface area contributed by atoms with Crippen LogP contribution in [0.2, 0.25) is 0 Å². The molecule has 0 spiro atoms. The third-order valence-corrected chi connectivity index (χ3v) is 3.31. The lowest BCUT2D eigenvalue weighted by Gasteiger charge is -2.18. The van der Waals surface area contributed by atoms with Crippen molar-refractivity contribution in [2.45, 2.75) is 12.8 Å². The number of allylic oxidation sites excluding steroid dienone is 2. The van der Waals surface area contributed by atoms with Crippen LogP contribution in [0, 0.1) is 11.3 Å². The SMILES string of the molecule is COc1ccc(Br)c2c1C(C#N)=CCC2. The number of methoxy groups -OCH3 is 1. The van der Waals surface area contributed by atoms with Crippen LogP contribution in [0.15, 0.2) is 22.7 Å². The minimum Gasteiger partial charge on any atom is -0.496 e. The average molecular weight is 264 g/mol. The minimum absolute atomic E-state index is 0.717. The lowest BCUT2D eigenvalue weighted by atomic mass is 9.91. The summed E-state index contributed by atoms with van der Waals surface area (Å²) < 4.78 is 6.34. The van der Waals surface area contributed by atoms with Crippen molar-refractivity contribution in [3.63, 3.8) is 0 Å². The summed E-state index contributed by atoms with van der Waals surface area (Å²) in [5, 5.41) is 9.06. The van der Waals surface area contributed by atoms with Gasteiger partial charge in [-0.15, -0.1) is 0 Å². The molecule has 0 unspecified atom stereocenters. The minimum atomic E-state index is 0.717. The Balaban J connectivity index is 2.70. The van der Waals surface area contributed by atoms with Gasteiger partial charge in [0, 0.05) is 10.0 Å². The zero-order valence-corrected chi connectivity index (χ0v) is 9.97. The van der Waals surface area contributed by atoms with E-state index in [9.17, 15) is 0 Å². The van der Waals surface area contributed by atoms with E-state index in [0.29, 0.717) is 0 Å². The summed E-state index contributed by atoms with van der Waals surface area (Å²) >= 11 is 3.51. The summed E-state index contributed by atoms with van der Waals surface area (Å²) in [7, 11) is 1.63. The molecule has 15 heavy (non-hydrogen) atoms. The van der Waals surface area contributed by atoms with Gasteiger partial charge in [0.25, 0.3) is 0 Å². The van der Waals surface area contributed by atoms with Gasteiger partial charge in [-0.1, -0.05) is 22.0 Å². The molecule has 1 aliphatic rings. The van der Waals surface area contributed by atoms with Gasteiger partial charge in [-0.25, -0.2) is 0 Å². The van der Waals surface area contributed by atoms with E-state index in [2.05, 4.69) is 22.0 Å². The molecule has 0 atom stereocenters. The second kappa shape index (κ2) is 4.08. The fourth-order valence-electron chi connectivity index (χ4n) is 1.88. The quantitative estimate of drug-likeness (QED) is 0.779. The number of ether oxygens (including phenoxy) is 1. The zero-order valence-electron chi connectivity index (χ0n) is 8.38. The molecule has 1 aromatic rings. The van der Waals surface area contributed by atoms with Crippen molar-refractivity contribution in [1.29, 1.82) is 5.26 Å². The van der Waals surface area contributed by atoms with E-state index in [-0.39, 0.29) is 0 Å². The number of rotatable bonds is 1. The zero-order chi connectivity index (χ0) is 10.8. The van der Waals surface area contributed by atoms with Crippen molar-refractivity contribution in [2.75, 3.05) is 7.11 Å². The van der Waals surface area contributed by atoms with Crippen molar-refractivity contribution in [3.8, 4) is 11.8 Å². The molecule has 0 radical (unpaired) electrons. The monoisotopic (exact) mass is 263 g/mol. The third kappa shape index (κ3) is 1.66. The van der Waals surface area contributed by atoms with Crippen LogP contribution in [0.1, 0.15) is 17.5 Å². The van der Waals surface area contributed by atoms with E-state index in [4.69, 9.17) is 10.00 Å². The summed E-state index contributed by atoms with van der Waals surface area (Å²) in [6.07, 6.45) is 3.84. The van der Waals surface area contributed by atoms with Crippen LogP contribution in [0.25, 0.3) is 5.57 Å². The first-order valence-corrected chi connectivity index (χ1v) is 5.53. The highest BCUT2D eigenvalue weighted by molar-refractivity contribution is 9.10. The Morgan fingerprint density at radius 1 is 1.47 bits per heavy atom. The van der Waals surface area contributed by atoms with E-state index in [1.165, 1.54) is 5.56 Å². The molecule has 76 valence electrons. The fourth-order valence-corrected chi connectivity index (χ4v) is 2.40. The van der Waals surface area contributed by atoms with Crippen molar-refractivity contribution >= 4 is 21.5 Å². The van der Waals surface area contributed by atoms with Crippen LogP contribution in [0.3, 0.4) is 0 Å². The van der Waals surface area contributed by atoms with Crippen molar-refractivity contribution < 1.29 is 4.74 Å². The van der Waals surface area contributed by atoms with Gasteiger partial charge in [0.1, 0.15) is 5.75 Å². The fraction of sp³-hybridized carbons (Fsp3) is 0.250. The molecule has 2 rings (SSSR count). The number of hydrogen-bond donors (Lipinski definition) is 0. The Kier molecular flexibility index (Phi) is 2.79. The van der Waals surface area contributed by atoms with Gasteiger partial charge in [-0.2, -0.15) is 5.26 Å². The molecular formula is C12H10BrNO. The largest absolute Gasteiger partial charge is 0.496 e. The first-order valence-electron chi connectivity index (χ1n) is 4.74. The highest BCUT2D eigenvalue weighted by Crippen LogP contribution is 2.37. The first-order chi connectivity index (χ1) is 7.27. The normalized spacial score (nSPS) is 13.8. The second-order valence-electron chi connectivity index (χ2n) is 3.37. The molecule has 0 aliphatic heterocycles. The van der Waals surface area contributed by atoms with Gasteiger partial charge in [-0.05, 0) is 30.5 Å². The van der Waals surface area contributed by atoms with E-state index >= 15 is 0 Å². The molecule has 1 aliphatic carbocycles. The van der Waals surface area contributed by atoms with Crippen molar-refractivity contribution in [2.24, 2.45) is 0 Å². The Labute approximate surface area is 97.3 Å². The van der Waals surface area contributed by atoms with Gasteiger partial charge in [-0.3, -0.25) is 0 Å². The van der Waals surface area contributed by atoms with Gasteiger partial charge >= 0.3 is 0 Å². The predicted octanol–water partition coefficient (Wildman–Crippen LogP) is 3.31. The number of hydrogen-bond acceptors (Lipinski definition) is 2. The molecule has 0 saturated heterocycles. The van der Waals surface area contributed by atoms with E-state index in [1.807, 2.05) is 18.2 Å². The molecule has 1 aromatic carbocycles. The molecule has 0 N–H and O–H groups in total. The van der Waals surface area contributed by atoms with Gasteiger partial charge < -0.3 is 4.74 Å². The lowest BCUT2D eigenvalue weighted by Crippen LogP contribution is -2.02. The van der Waals surface area contributed by atoms with E-state index in [1.54, 1.807) is 7.11 Å². The number of nitrogens with zero attached hydrogens (tertiary/aromatic N) is 1. The number of benzene rings is 1. The molecule has 0 bridgehead atoms. The van der Waals surface area contributed by atoms with Crippen molar-refractivity contribution in [1.82, 2.24) is 0 Å². The highest BCUT2D eigenvalue weighted by Gasteiger charge is 2.19. The van der Waals surface area contributed by atoms with Crippen molar-refractivity contribution in [3.05, 3.63) is 33.8 Å². The molecular weight excluding hydrogens is 254 g/mol. The summed E-state index contributed by atoms with van der Waals surface area (Å²) in [6, 6.07) is 6.08. The average Bonchev–Trinajstić information content (AvgIpc) is 2.29. The number of halogens is 1. The molecule has 2 nitrogen and oxygen atoms in total. The summed E-state index contributed by atoms with van der Waals surface area (Å²) in [6.45, 7) is 0. The second-order valence-corrected chi connectivity index (χ2v) is 4.23. The van der Waals surface area contributed by atoms with Crippen LogP contribution in [0.4, 0.5) is 0 Å². The van der Waals surface area contributed by atoms with Crippen LogP contribution >= 0.6 is 15.9 Å². The van der Waals surface area contributed by atoms with Crippen LogP contribution in [0.5, 0.6) is 5.75 Å². The van der Waals surface area contributed by atoms with Gasteiger partial charge in [0.15, 0.2) is 0 Å². The predicted molar refractivity (Wildman–Crippen MR) is 62.6 cm³/mol. The lowest BCUT2D eigenvalue weighted by molar-refractivity contribution is 0.412. The van der Waals surface area contributed by atoms with Crippen LogP contribution in [-0.2, 0) is 6.42 Å². The Morgan fingerprint density at radius 2 is 2.27 bits per heavy atom. The molecule has 0 aromatic heterocycles. The maximum atomic E-state index is 9.06. The third-order valence-electron chi connectivity index (χ3n) is 2.57. The molecule has 0 fully saturated rings. The summed E-state index contributed by atoms with van der Waals surface area (Å²) in [5.41, 5.74) is 2.84. The van der Waals surface area contributed by atoms with E-state index < -0.39 is 0 Å². The molecule has 0 heterocycles. The summed E-state index contributed by atoms with van der Waals surface area (Å²) in [5.74, 6) is 0.778. The highest BCUT2D eigenvalue weighted by atomic mass is 79.9. The molecule has 3 heteroatoms. The maximum Gasteiger partial charge on any atom is 0.127 e. The molecule has 0 amide bonds. The smallest absolute Gasteiger partial charge is 0.127 e. The number of fused-ring (bicyclic) bond motifs is 1. The Bertz CT molecular complexity index is 471. The first kappa shape index (κ1) is 10.3. The van der Waals surface area contributed by atoms with E-state index in [0.717, 1.165) is 34.2 Å². The van der Waals surface area contributed by atoms with Crippen LogP contribution in [-0.4, -0.2) is 7.11 Å².